The fraction of sp³-hybridized carbons (Fsp3) is 0.556. The molecule has 0 fully saturated rings. The Morgan fingerprint density at radius 1 is 1.19 bits per heavy atom. The van der Waals surface area contributed by atoms with Crippen molar-refractivity contribution >= 4 is 8.32 Å². The lowest BCUT2D eigenvalue weighted by atomic mass is 9.89. The summed E-state index contributed by atoms with van der Waals surface area (Å²) in [7, 11) is -1.71. The van der Waals surface area contributed by atoms with Crippen LogP contribution in [0, 0.1) is 11.7 Å². The highest BCUT2D eigenvalue weighted by Gasteiger charge is 2.38. The van der Waals surface area contributed by atoms with E-state index in [1.165, 1.54) is 5.56 Å². The Morgan fingerprint density at radius 2 is 1.81 bits per heavy atom. The molecule has 1 aliphatic carbocycles. The Bertz CT molecular complexity index is 499. The second kappa shape index (κ2) is 6.05. The van der Waals surface area contributed by atoms with Gasteiger partial charge in [0.15, 0.2) is 8.32 Å². The quantitative estimate of drug-likeness (QED) is 0.526. The number of hydrogen-bond acceptors (Lipinski definition) is 1. The summed E-state index contributed by atoms with van der Waals surface area (Å²) in [6.45, 7) is 12.1. The topological polar surface area (TPSA) is 9.23 Å². The van der Waals surface area contributed by atoms with Crippen molar-refractivity contribution < 1.29 is 8.82 Å². The third kappa shape index (κ3) is 3.83. The van der Waals surface area contributed by atoms with Gasteiger partial charge in [0.25, 0.3) is 0 Å². The minimum Gasteiger partial charge on any atom is -0.416 e. The predicted octanol–water partition coefficient (Wildman–Crippen LogP) is 5.51. The molecule has 0 aliphatic heterocycles. The van der Waals surface area contributed by atoms with Crippen molar-refractivity contribution in [2.24, 2.45) is 5.92 Å². The van der Waals surface area contributed by atoms with E-state index in [1.54, 1.807) is 12.1 Å². The molecule has 21 heavy (non-hydrogen) atoms. The van der Waals surface area contributed by atoms with E-state index in [9.17, 15) is 4.39 Å². The van der Waals surface area contributed by atoms with Crippen LogP contribution in [-0.2, 0) is 4.43 Å². The van der Waals surface area contributed by atoms with Crippen molar-refractivity contribution in [3.8, 4) is 0 Å². The van der Waals surface area contributed by atoms with Crippen molar-refractivity contribution in [3.63, 3.8) is 0 Å². The Labute approximate surface area is 129 Å². The van der Waals surface area contributed by atoms with Gasteiger partial charge in [0, 0.05) is 12.5 Å². The van der Waals surface area contributed by atoms with Crippen LogP contribution in [0.5, 0.6) is 0 Å². The van der Waals surface area contributed by atoms with Crippen molar-refractivity contribution in [1.82, 2.24) is 0 Å². The van der Waals surface area contributed by atoms with E-state index < -0.39 is 8.32 Å². The summed E-state index contributed by atoms with van der Waals surface area (Å²) in [6.07, 6.45) is 5.52. The fourth-order valence-electron chi connectivity index (χ4n) is 2.49. The van der Waals surface area contributed by atoms with Gasteiger partial charge >= 0.3 is 0 Å². The van der Waals surface area contributed by atoms with Crippen molar-refractivity contribution in [1.29, 1.82) is 0 Å². The maximum absolute atomic E-state index is 13.1. The number of rotatable bonds is 4. The lowest BCUT2D eigenvalue weighted by Gasteiger charge is -2.37. The van der Waals surface area contributed by atoms with E-state index in [2.05, 4.69) is 46.0 Å². The van der Waals surface area contributed by atoms with Crippen LogP contribution in [0.1, 0.15) is 38.7 Å². The molecular formula is C18H27FOSi. The molecule has 1 aliphatic rings. The number of hydrogen-bond donors (Lipinski definition) is 0. The minimum absolute atomic E-state index is 0.168. The monoisotopic (exact) mass is 306 g/mol. The Kier molecular flexibility index (Phi) is 4.74. The summed E-state index contributed by atoms with van der Waals surface area (Å²) >= 11 is 0. The number of benzene rings is 1. The second-order valence-corrected chi connectivity index (χ2v) is 12.4. The molecule has 0 amide bonds. The maximum Gasteiger partial charge on any atom is 0.192 e. The van der Waals surface area contributed by atoms with Crippen LogP contribution in [0.2, 0.25) is 18.1 Å². The van der Waals surface area contributed by atoms with Gasteiger partial charge in [-0.2, -0.15) is 0 Å². The molecule has 0 spiro atoms. The Hall–Kier alpha value is -0.933. The smallest absolute Gasteiger partial charge is 0.192 e. The molecule has 0 heterocycles. The van der Waals surface area contributed by atoms with Gasteiger partial charge in [-0.05, 0) is 48.2 Å². The van der Waals surface area contributed by atoms with Crippen molar-refractivity contribution in [2.75, 3.05) is 6.61 Å². The van der Waals surface area contributed by atoms with E-state index in [1.807, 2.05) is 12.1 Å². The van der Waals surface area contributed by atoms with E-state index >= 15 is 0 Å². The van der Waals surface area contributed by atoms with E-state index in [0.29, 0.717) is 11.8 Å². The predicted molar refractivity (Wildman–Crippen MR) is 89.5 cm³/mol. The molecule has 1 aromatic rings. The van der Waals surface area contributed by atoms with Crippen molar-refractivity contribution in [3.05, 3.63) is 47.8 Å². The molecule has 0 saturated heterocycles. The van der Waals surface area contributed by atoms with Crippen LogP contribution in [-0.4, -0.2) is 14.9 Å². The van der Waals surface area contributed by atoms with E-state index in [4.69, 9.17) is 4.43 Å². The molecule has 0 N–H and O–H groups in total. The van der Waals surface area contributed by atoms with Gasteiger partial charge in [-0.25, -0.2) is 4.39 Å². The third-order valence-electron chi connectivity index (χ3n) is 5.03. The summed E-state index contributed by atoms with van der Waals surface area (Å²) in [5, 5.41) is 0.237. The molecular weight excluding hydrogens is 279 g/mol. The van der Waals surface area contributed by atoms with Gasteiger partial charge < -0.3 is 4.43 Å². The molecule has 3 heteroatoms. The lowest BCUT2D eigenvalue weighted by molar-refractivity contribution is 0.239. The number of allylic oxidation sites excluding steroid dienone is 1. The van der Waals surface area contributed by atoms with Crippen molar-refractivity contribution in [2.45, 2.75) is 51.2 Å². The zero-order valence-electron chi connectivity index (χ0n) is 13.8. The summed E-state index contributed by atoms with van der Waals surface area (Å²) in [6, 6.07) is 6.93. The molecule has 116 valence electrons. The standard InChI is InChI=1S/C18H27FOSi/c1-18(2,3)21(4,5)20-13-15-7-6-8-17(15)14-9-11-16(19)12-10-14/h6-7,9-12,15,17H,8,13H2,1-5H3/t15-,17-/m0/s1. The summed E-state index contributed by atoms with van der Waals surface area (Å²) < 4.78 is 19.4. The second-order valence-electron chi connectivity index (χ2n) is 7.56. The van der Waals surface area contributed by atoms with E-state index in [0.717, 1.165) is 13.0 Å². The van der Waals surface area contributed by atoms with Crippen LogP contribution < -0.4 is 0 Å². The van der Waals surface area contributed by atoms with E-state index in [-0.39, 0.29) is 10.9 Å². The molecule has 1 nitrogen and oxygen atoms in total. The molecule has 0 radical (unpaired) electrons. The molecule has 2 rings (SSSR count). The average molecular weight is 306 g/mol. The first-order valence-electron chi connectivity index (χ1n) is 7.77. The Morgan fingerprint density at radius 3 is 2.38 bits per heavy atom. The zero-order chi connectivity index (χ0) is 15.7. The maximum atomic E-state index is 13.1. The first-order chi connectivity index (χ1) is 9.71. The summed E-state index contributed by atoms with van der Waals surface area (Å²) in [5.41, 5.74) is 1.21. The molecule has 0 unspecified atom stereocenters. The minimum atomic E-state index is -1.71. The van der Waals surface area contributed by atoms with Gasteiger partial charge in [-0.3, -0.25) is 0 Å². The van der Waals surface area contributed by atoms with Gasteiger partial charge in [-0.1, -0.05) is 45.1 Å². The fourth-order valence-corrected chi connectivity index (χ4v) is 3.54. The largest absolute Gasteiger partial charge is 0.416 e. The van der Waals surface area contributed by atoms with Gasteiger partial charge in [0.1, 0.15) is 5.82 Å². The summed E-state index contributed by atoms with van der Waals surface area (Å²) in [4.78, 5) is 0. The van der Waals surface area contributed by atoms with Crippen LogP contribution in [0.25, 0.3) is 0 Å². The molecule has 2 atom stereocenters. The first kappa shape index (κ1) is 16.4. The normalized spacial score (nSPS) is 22.8. The lowest BCUT2D eigenvalue weighted by Crippen LogP contribution is -2.42. The first-order valence-corrected chi connectivity index (χ1v) is 10.7. The summed E-state index contributed by atoms with van der Waals surface area (Å²) in [5.74, 6) is 0.665. The van der Waals surface area contributed by atoms with Crippen LogP contribution in [0.15, 0.2) is 36.4 Å². The molecule has 0 bridgehead atoms. The third-order valence-corrected chi connectivity index (χ3v) is 9.53. The highest BCUT2D eigenvalue weighted by Crippen LogP contribution is 2.39. The Balaban J connectivity index is 2.03. The van der Waals surface area contributed by atoms with Crippen LogP contribution in [0.3, 0.4) is 0 Å². The van der Waals surface area contributed by atoms with Crippen LogP contribution >= 0.6 is 0 Å². The molecule has 0 saturated carbocycles. The van der Waals surface area contributed by atoms with Gasteiger partial charge in [0.05, 0.1) is 0 Å². The van der Waals surface area contributed by atoms with Gasteiger partial charge in [0.2, 0.25) is 0 Å². The molecule has 1 aromatic carbocycles. The molecule has 0 aromatic heterocycles. The number of halogens is 1. The average Bonchev–Trinajstić information content (AvgIpc) is 2.84. The van der Waals surface area contributed by atoms with Crippen LogP contribution in [0.4, 0.5) is 4.39 Å². The highest BCUT2D eigenvalue weighted by atomic mass is 28.4. The zero-order valence-corrected chi connectivity index (χ0v) is 14.8. The van der Waals surface area contributed by atoms with Gasteiger partial charge in [-0.15, -0.1) is 0 Å². The highest BCUT2D eigenvalue weighted by molar-refractivity contribution is 6.74. The SMILES string of the molecule is CC(C)(C)[Si](C)(C)OC[C@@H]1C=CC[C@H]1c1ccc(F)cc1.